The Hall–Kier alpha value is -1.56. The second kappa shape index (κ2) is 7.45. The highest BCUT2D eigenvalue weighted by Crippen LogP contribution is 2.30. The number of aliphatic imine (C=N–C) groups is 1. The molecule has 1 aromatic rings. The highest BCUT2D eigenvalue weighted by Gasteiger charge is 2.25. The van der Waals surface area contributed by atoms with Gasteiger partial charge in [-0.15, -0.1) is 0 Å². The Morgan fingerprint density at radius 2 is 1.90 bits per heavy atom. The minimum Gasteiger partial charge on any atom is -0.318 e. The maximum atomic E-state index is 10.8. The zero-order valence-corrected chi connectivity index (χ0v) is 13.3. The number of thioether (sulfide) groups is 1. The average Bonchev–Trinajstić information content (AvgIpc) is 2.53. The monoisotopic (exact) mass is 307 g/mol. The van der Waals surface area contributed by atoms with Gasteiger partial charge in [-0.1, -0.05) is 31.0 Å². The molecule has 21 heavy (non-hydrogen) atoms. The minimum atomic E-state index is -0.363. The lowest BCUT2D eigenvalue weighted by atomic mass is 9.94. The molecule has 1 aromatic carbocycles. The number of amidine groups is 1. The molecule has 0 aromatic heterocycles. The maximum Gasteiger partial charge on any atom is 0.269 e. The molecule has 0 unspecified atom stereocenters. The van der Waals surface area contributed by atoms with E-state index in [2.05, 4.69) is 9.89 Å². The summed E-state index contributed by atoms with van der Waals surface area (Å²) in [5, 5.41) is 11.8. The number of nitro groups is 1. The first-order chi connectivity index (χ1) is 10.2. The number of anilines is 1. The molecule has 1 aliphatic rings. The zero-order valence-electron chi connectivity index (χ0n) is 12.5. The lowest BCUT2D eigenvalue weighted by Gasteiger charge is -2.36. The second-order valence-corrected chi connectivity index (χ2v) is 5.92. The summed E-state index contributed by atoms with van der Waals surface area (Å²) in [6.07, 6.45) is 8.08. The van der Waals surface area contributed by atoms with Crippen molar-refractivity contribution in [2.24, 2.45) is 4.99 Å². The van der Waals surface area contributed by atoms with Gasteiger partial charge in [0.05, 0.1) is 4.92 Å². The summed E-state index contributed by atoms with van der Waals surface area (Å²) in [6.45, 7) is 0. The second-order valence-electron chi connectivity index (χ2n) is 5.15. The van der Waals surface area contributed by atoms with Crippen molar-refractivity contribution in [1.29, 1.82) is 0 Å². The molecule has 1 fully saturated rings. The summed E-state index contributed by atoms with van der Waals surface area (Å²) in [5.74, 6) is 0. The Morgan fingerprint density at radius 3 is 2.38 bits per heavy atom. The van der Waals surface area contributed by atoms with Crippen molar-refractivity contribution in [1.82, 2.24) is 0 Å². The minimum absolute atomic E-state index is 0.126. The van der Waals surface area contributed by atoms with Gasteiger partial charge >= 0.3 is 0 Å². The molecule has 0 N–H and O–H groups in total. The molecule has 2 rings (SSSR count). The first-order valence-electron chi connectivity index (χ1n) is 7.22. The van der Waals surface area contributed by atoms with Crippen molar-refractivity contribution in [3.63, 3.8) is 0 Å². The molecule has 1 aliphatic carbocycles. The van der Waals surface area contributed by atoms with Gasteiger partial charge in [0.15, 0.2) is 5.17 Å². The Balaban J connectivity index is 2.31. The molecule has 1 saturated carbocycles. The summed E-state index contributed by atoms with van der Waals surface area (Å²) in [5.41, 5.74) is 1.11. The zero-order chi connectivity index (χ0) is 15.2. The van der Waals surface area contributed by atoms with Gasteiger partial charge in [0.1, 0.15) is 0 Å². The van der Waals surface area contributed by atoms with E-state index in [0.29, 0.717) is 6.04 Å². The maximum absolute atomic E-state index is 10.8. The van der Waals surface area contributed by atoms with Crippen molar-refractivity contribution in [2.75, 3.05) is 18.2 Å². The first-order valence-corrected chi connectivity index (χ1v) is 8.44. The van der Waals surface area contributed by atoms with Crippen LogP contribution in [0.5, 0.6) is 0 Å². The van der Waals surface area contributed by atoms with Crippen LogP contribution in [0.15, 0.2) is 29.3 Å². The molecule has 0 heterocycles. The van der Waals surface area contributed by atoms with Crippen molar-refractivity contribution in [2.45, 2.75) is 38.1 Å². The third-order valence-electron chi connectivity index (χ3n) is 3.86. The molecule has 0 atom stereocenters. The molecule has 114 valence electrons. The van der Waals surface area contributed by atoms with Crippen LogP contribution in [0.1, 0.15) is 32.1 Å². The number of benzene rings is 1. The van der Waals surface area contributed by atoms with Crippen LogP contribution >= 0.6 is 11.8 Å². The van der Waals surface area contributed by atoms with Crippen LogP contribution < -0.4 is 4.90 Å². The number of non-ortho nitro benzene ring substituents is 1. The van der Waals surface area contributed by atoms with Gasteiger partial charge in [-0.25, -0.2) is 0 Å². The fourth-order valence-electron chi connectivity index (χ4n) is 2.85. The van der Waals surface area contributed by atoms with Crippen LogP contribution in [0, 0.1) is 10.1 Å². The number of hydrogen-bond donors (Lipinski definition) is 0. The van der Waals surface area contributed by atoms with E-state index in [4.69, 9.17) is 0 Å². The molecule has 6 heteroatoms. The van der Waals surface area contributed by atoms with E-state index in [0.717, 1.165) is 23.7 Å². The first kappa shape index (κ1) is 15.8. The molecule has 0 spiro atoms. The topological polar surface area (TPSA) is 58.7 Å². The van der Waals surface area contributed by atoms with E-state index >= 15 is 0 Å². The van der Waals surface area contributed by atoms with Gasteiger partial charge in [0.2, 0.25) is 0 Å². The van der Waals surface area contributed by atoms with Crippen LogP contribution in [-0.4, -0.2) is 29.4 Å². The third-order valence-corrected chi connectivity index (χ3v) is 4.60. The van der Waals surface area contributed by atoms with E-state index < -0.39 is 0 Å². The smallest absolute Gasteiger partial charge is 0.269 e. The number of rotatable bonds is 3. The van der Waals surface area contributed by atoms with Crippen molar-refractivity contribution >= 4 is 28.3 Å². The van der Waals surface area contributed by atoms with Gasteiger partial charge in [0, 0.05) is 30.9 Å². The Morgan fingerprint density at radius 1 is 1.29 bits per heavy atom. The molecule has 0 aliphatic heterocycles. The van der Waals surface area contributed by atoms with Crippen LogP contribution in [-0.2, 0) is 0 Å². The van der Waals surface area contributed by atoms with Crippen LogP contribution in [0.25, 0.3) is 0 Å². The predicted molar refractivity (Wildman–Crippen MR) is 89.3 cm³/mol. The van der Waals surface area contributed by atoms with Crippen molar-refractivity contribution < 1.29 is 4.92 Å². The summed E-state index contributed by atoms with van der Waals surface area (Å²) >= 11 is 1.62. The van der Waals surface area contributed by atoms with Gasteiger partial charge < -0.3 is 4.90 Å². The molecule has 0 amide bonds. The average molecular weight is 307 g/mol. The highest BCUT2D eigenvalue weighted by atomic mass is 32.2. The van der Waals surface area contributed by atoms with Gasteiger partial charge in [0.25, 0.3) is 5.69 Å². The lowest BCUT2D eigenvalue weighted by molar-refractivity contribution is -0.384. The normalized spacial score (nSPS) is 16.8. The molecular weight excluding hydrogens is 286 g/mol. The van der Waals surface area contributed by atoms with Gasteiger partial charge in [-0.3, -0.25) is 15.1 Å². The van der Waals surface area contributed by atoms with Crippen molar-refractivity contribution in [3.05, 3.63) is 34.4 Å². The van der Waals surface area contributed by atoms with Crippen LogP contribution in [0.4, 0.5) is 11.4 Å². The summed E-state index contributed by atoms with van der Waals surface area (Å²) in [4.78, 5) is 17.1. The number of nitro benzene ring substituents is 1. The molecule has 0 radical (unpaired) electrons. The van der Waals surface area contributed by atoms with Crippen LogP contribution in [0.2, 0.25) is 0 Å². The molecule has 0 bridgehead atoms. The Kier molecular flexibility index (Phi) is 5.61. The summed E-state index contributed by atoms with van der Waals surface area (Å²) in [6, 6.07) is 7.23. The van der Waals surface area contributed by atoms with Gasteiger partial charge in [-0.2, -0.15) is 0 Å². The Labute approximate surface area is 129 Å². The van der Waals surface area contributed by atoms with Gasteiger partial charge in [-0.05, 0) is 31.2 Å². The van der Waals surface area contributed by atoms with E-state index in [1.165, 1.54) is 19.3 Å². The largest absolute Gasteiger partial charge is 0.318 e. The van der Waals surface area contributed by atoms with E-state index in [9.17, 15) is 10.1 Å². The molecule has 5 nitrogen and oxygen atoms in total. The van der Waals surface area contributed by atoms with Crippen molar-refractivity contribution in [3.8, 4) is 0 Å². The number of hydrogen-bond acceptors (Lipinski definition) is 4. The lowest BCUT2D eigenvalue weighted by Crippen LogP contribution is -2.40. The summed E-state index contributed by atoms with van der Waals surface area (Å²) < 4.78 is 0. The summed E-state index contributed by atoms with van der Waals surface area (Å²) in [7, 11) is 1.80. The highest BCUT2D eigenvalue weighted by molar-refractivity contribution is 8.13. The fourth-order valence-corrected chi connectivity index (χ4v) is 3.48. The fraction of sp³-hybridized carbons (Fsp3) is 0.533. The number of nitrogens with zero attached hydrogens (tertiary/aromatic N) is 3. The van der Waals surface area contributed by atoms with E-state index in [1.54, 1.807) is 30.9 Å². The van der Waals surface area contributed by atoms with E-state index in [-0.39, 0.29) is 10.6 Å². The molecule has 0 saturated heterocycles. The Bertz CT molecular complexity index is 510. The van der Waals surface area contributed by atoms with Crippen LogP contribution in [0.3, 0.4) is 0 Å². The predicted octanol–water partition coefficient (Wildman–Crippen LogP) is 4.08. The quantitative estimate of drug-likeness (QED) is 0.365. The standard InChI is InChI=1S/C15H21N3O2S/c1-16-15(21-2)17(12-6-4-3-5-7-12)13-8-10-14(11-9-13)18(19)20/h8-12H,3-7H2,1-2H3. The SMILES string of the molecule is CN=C(SC)N(c1ccc([N+](=O)[O-])cc1)C1CCCCC1. The van der Waals surface area contributed by atoms with E-state index in [1.807, 2.05) is 18.4 Å². The molecular formula is C15H21N3O2S. The third kappa shape index (κ3) is 3.75.